The molecule has 0 fully saturated rings. The van der Waals surface area contributed by atoms with Crippen LogP contribution in [0.1, 0.15) is 17.0 Å². The Bertz CT molecular complexity index is 853. The number of carbonyl (C=O) groups excluding carboxylic acids is 1. The first kappa shape index (κ1) is 14.3. The Balaban J connectivity index is 1.94. The number of hydrogen-bond acceptors (Lipinski definition) is 4. The Hall–Kier alpha value is -3.34. The minimum atomic E-state index is -1.13. The van der Waals surface area contributed by atoms with Gasteiger partial charge in [-0.3, -0.25) is 4.79 Å². The third kappa shape index (κ3) is 2.18. The molecule has 1 aliphatic heterocycles. The predicted octanol–water partition coefficient (Wildman–Crippen LogP) is 2.30. The van der Waals surface area contributed by atoms with Gasteiger partial charge in [0.05, 0.1) is 0 Å². The summed E-state index contributed by atoms with van der Waals surface area (Å²) in [5, 5.41) is 2.84. The van der Waals surface area contributed by atoms with Crippen LogP contribution >= 0.6 is 0 Å². The fraction of sp³-hybridized carbons (Fsp3) is 0.0526. The summed E-state index contributed by atoms with van der Waals surface area (Å²) < 4.78 is 0. The first-order valence-electron chi connectivity index (χ1n) is 7.60. The van der Waals surface area contributed by atoms with E-state index in [9.17, 15) is 4.79 Å². The Kier molecular flexibility index (Phi) is 3.39. The highest BCUT2D eigenvalue weighted by Crippen LogP contribution is 2.37. The molecule has 0 atom stereocenters. The summed E-state index contributed by atoms with van der Waals surface area (Å²) >= 11 is 0. The largest absolute Gasteiger partial charge is 0.305 e. The van der Waals surface area contributed by atoms with Crippen molar-refractivity contribution in [1.82, 2.24) is 15.3 Å². The zero-order valence-electron chi connectivity index (χ0n) is 12.8. The number of hydrogen-bond donors (Lipinski definition) is 1. The van der Waals surface area contributed by atoms with Crippen molar-refractivity contribution in [2.24, 2.45) is 4.99 Å². The van der Waals surface area contributed by atoms with Gasteiger partial charge in [0, 0.05) is 12.4 Å². The highest BCUT2D eigenvalue weighted by Gasteiger charge is 2.47. The van der Waals surface area contributed by atoms with Crippen molar-refractivity contribution in [2.45, 2.75) is 5.54 Å². The van der Waals surface area contributed by atoms with E-state index in [1.54, 1.807) is 18.5 Å². The highest BCUT2D eigenvalue weighted by molar-refractivity contribution is 6.15. The fourth-order valence-electron chi connectivity index (χ4n) is 2.89. The molecule has 0 saturated carbocycles. The van der Waals surface area contributed by atoms with Crippen molar-refractivity contribution in [3.8, 4) is 0 Å². The van der Waals surface area contributed by atoms with Crippen LogP contribution in [0.2, 0.25) is 0 Å². The molecule has 1 N–H and O–H groups in total. The van der Waals surface area contributed by atoms with Crippen molar-refractivity contribution in [3.63, 3.8) is 0 Å². The summed E-state index contributed by atoms with van der Waals surface area (Å²) in [6.07, 6.45) is 3.25. The molecule has 0 unspecified atom stereocenters. The van der Waals surface area contributed by atoms with Crippen molar-refractivity contribution in [1.29, 1.82) is 0 Å². The number of amides is 1. The fourth-order valence-corrected chi connectivity index (χ4v) is 2.89. The average molecular weight is 314 g/mol. The van der Waals surface area contributed by atoms with Crippen LogP contribution in [-0.2, 0) is 10.3 Å². The summed E-state index contributed by atoms with van der Waals surface area (Å²) in [6, 6.07) is 20.8. The Morgan fingerprint density at radius 3 is 1.83 bits per heavy atom. The minimum Gasteiger partial charge on any atom is -0.305 e. The molecule has 1 amide bonds. The van der Waals surface area contributed by atoms with Crippen LogP contribution in [0.5, 0.6) is 0 Å². The van der Waals surface area contributed by atoms with Crippen LogP contribution in [-0.4, -0.2) is 21.7 Å². The smallest absolute Gasteiger partial charge is 0.262 e. The Morgan fingerprint density at radius 2 is 1.29 bits per heavy atom. The van der Waals surface area contributed by atoms with E-state index in [1.165, 1.54) is 0 Å². The molecule has 0 aliphatic carbocycles. The van der Waals surface area contributed by atoms with E-state index in [1.807, 2.05) is 60.7 Å². The number of aliphatic imine (C=N–C) groups is 1. The van der Waals surface area contributed by atoms with E-state index < -0.39 is 5.54 Å². The van der Waals surface area contributed by atoms with E-state index in [4.69, 9.17) is 4.99 Å². The van der Waals surface area contributed by atoms with E-state index >= 15 is 0 Å². The van der Waals surface area contributed by atoms with E-state index in [2.05, 4.69) is 15.3 Å². The molecule has 2 aromatic carbocycles. The summed E-state index contributed by atoms with van der Waals surface area (Å²) in [5.74, 6) is 0.579. The molecule has 5 nitrogen and oxygen atoms in total. The van der Waals surface area contributed by atoms with E-state index in [-0.39, 0.29) is 5.91 Å². The van der Waals surface area contributed by atoms with Crippen LogP contribution in [0.4, 0.5) is 0 Å². The van der Waals surface area contributed by atoms with Gasteiger partial charge in [0.25, 0.3) is 5.91 Å². The van der Waals surface area contributed by atoms with Gasteiger partial charge in [0.2, 0.25) is 0 Å². The number of carbonyl (C=O) groups is 1. The Labute approximate surface area is 139 Å². The van der Waals surface area contributed by atoms with Gasteiger partial charge in [0.1, 0.15) is 0 Å². The number of nitrogens with zero attached hydrogens (tertiary/aromatic N) is 3. The molecule has 0 bridgehead atoms. The number of rotatable bonds is 3. The topological polar surface area (TPSA) is 67.2 Å². The monoisotopic (exact) mass is 314 g/mol. The van der Waals surface area contributed by atoms with Crippen LogP contribution in [0.25, 0.3) is 0 Å². The third-order valence-electron chi connectivity index (χ3n) is 4.00. The molecule has 116 valence electrons. The lowest BCUT2D eigenvalue weighted by molar-refractivity contribution is -0.122. The second-order valence-electron chi connectivity index (χ2n) is 5.43. The minimum absolute atomic E-state index is 0.206. The molecule has 1 aliphatic rings. The lowest BCUT2D eigenvalue weighted by Crippen LogP contribution is -2.38. The Morgan fingerprint density at radius 1 is 0.750 bits per heavy atom. The van der Waals surface area contributed by atoms with Gasteiger partial charge in [-0.25, -0.2) is 15.0 Å². The third-order valence-corrected chi connectivity index (χ3v) is 4.00. The second-order valence-corrected chi connectivity index (χ2v) is 5.43. The molecule has 1 aromatic heterocycles. The predicted molar refractivity (Wildman–Crippen MR) is 90.4 cm³/mol. The molecule has 0 radical (unpaired) electrons. The van der Waals surface area contributed by atoms with Crippen molar-refractivity contribution >= 4 is 11.7 Å². The van der Waals surface area contributed by atoms with Crippen molar-refractivity contribution < 1.29 is 4.79 Å². The quantitative estimate of drug-likeness (QED) is 0.806. The first-order valence-corrected chi connectivity index (χ1v) is 7.60. The molecule has 2 heterocycles. The maximum Gasteiger partial charge on any atom is 0.262 e. The lowest BCUT2D eigenvalue weighted by Gasteiger charge is -2.24. The van der Waals surface area contributed by atoms with Crippen LogP contribution in [0, 0.1) is 0 Å². The van der Waals surface area contributed by atoms with E-state index in [0.29, 0.717) is 11.7 Å². The van der Waals surface area contributed by atoms with Gasteiger partial charge < -0.3 is 5.32 Å². The maximum atomic E-state index is 13.0. The van der Waals surface area contributed by atoms with Crippen LogP contribution < -0.4 is 5.32 Å². The zero-order valence-corrected chi connectivity index (χ0v) is 12.8. The van der Waals surface area contributed by atoms with Crippen LogP contribution in [0.3, 0.4) is 0 Å². The summed E-state index contributed by atoms with van der Waals surface area (Å²) in [7, 11) is 0. The summed E-state index contributed by atoms with van der Waals surface area (Å²) in [4.78, 5) is 26.1. The van der Waals surface area contributed by atoms with Gasteiger partial charge in [-0.2, -0.15) is 0 Å². The van der Waals surface area contributed by atoms with E-state index in [0.717, 1.165) is 11.1 Å². The molecular weight excluding hydrogens is 300 g/mol. The molecule has 4 rings (SSSR count). The molecule has 0 spiro atoms. The molecular formula is C19H14N4O. The number of aromatic nitrogens is 2. The van der Waals surface area contributed by atoms with Crippen LogP contribution in [0.15, 0.2) is 84.1 Å². The highest BCUT2D eigenvalue weighted by atomic mass is 16.2. The molecule has 0 saturated heterocycles. The zero-order chi connectivity index (χ0) is 16.4. The standard InChI is InChI=1S/C19H14N4O/c24-18-19(14-8-3-1-4-9-14,15-10-5-2-6-11-15)23-17(22-18)16-20-12-7-13-21-16/h1-13H,(H,22,23,24). The van der Waals surface area contributed by atoms with Gasteiger partial charge in [-0.15, -0.1) is 0 Å². The summed E-state index contributed by atoms with van der Waals surface area (Å²) in [6.45, 7) is 0. The van der Waals surface area contributed by atoms with Crippen molar-refractivity contribution in [3.05, 3.63) is 96.1 Å². The maximum absolute atomic E-state index is 13.0. The number of amidine groups is 1. The van der Waals surface area contributed by atoms with Gasteiger partial charge in [-0.05, 0) is 17.2 Å². The summed E-state index contributed by atoms with van der Waals surface area (Å²) in [5.41, 5.74) is 0.483. The second kappa shape index (κ2) is 5.70. The number of nitrogens with one attached hydrogen (secondary N) is 1. The first-order chi connectivity index (χ1) is 11.8. The van der Waals surface area contributed by atoms with Crippen molar-refractivity contribution in [2.75, 3.05) is 0 Å². The van der Waals surface area contributed by atoms with Gasteiger partial charge >= 0.3 is 0 Å². The molecule has 5 heteroatoms. The average Bonchev–Trinajstić information content (AvgIpc) is 3.02. The van der Waals surface area contributed by atoms with Gasteiger partial charge in [0.15, 0.2) is 17.2 Å². The molecule has 3 aromatic rings. The normalized spacial score (nSPS) is 15.7. The molecule has 24 heavy (non-hydrogen) atoms. The SMILES string of the molecule is O=C1NC(c2ncccn2)=NC1(c1ccccc1)c1ccccc1. The number of benzene rings is 2. The lowest BCUT2D eigenvalue weighted by atomic mass is 9.83. The van der Waals surface area contributed by atoms with Gasteiger partial charge in [-0.1, -0.05) is 60.7 Å².